The maximum atomic E-state index is 13.4. The monoisotopic (exact) mass is 606 g/mol. The largest absolute Gasteiger partial charge is 0.495 e. The quantitative estimate of drug-likeness (QED) is 0.158. The van der Waals surface area contributed by atoms with Gasteiger partial charge >= 0.3 is 5.97 Å². The van der Waals surface area contributed by atoms with Crippen molar-refractivity contribution in [3.05, 3.63) is 58.1 Å². The van der Waals surface area contributed by atoms with Crippen LogP contribution in [0.2, 0.25) is 0 Å². The first-order valence-corrected chi connectivity index (χ1v) is 13.2. The van der Waals surface area contributed by atoms with Crippen molar-refractivity contribution in [3.8, 4) is 11.5 Å². The molecule has 2 saturated heterocycles. The number of ketones is 2. The van der Waals surface area contributed by atoms with Crippen LogP contribution in [0, 0.1) is 0 Å². The topological polar surface area (TPSA) is 228 Å². The number of aliphatic hydroxyl groups is 6. The second kappa shape index (κ2) is 12.2. The molecule has 0 radical (unpaired) electrons. The molecule has 3 aliphatic rings. The molecule has 0 aromatic heterocycles. The minimum Gasteiger partial charge on any atom is -0.495 e. The highest BCUT2D eigenvalue weighted by molar-refractivity contribution is 6.30. The number of fused-ring (bicyclic) bond motifs is 2. The lowest BCUT2D eigenvalue weighted by Gasteiger charge is -2.41. The molecule has 0 bridgehead atoms. The molecule has 2 aromatic rings. The van der Waals surface area contributed by atoms with Crippen molar-refractivity contribution in [2.45, 2.75) is 55.3 Å². The van der Waals surface area contributed by atoms with E-state index in [2.05, 4.69) is 0 Å². The highest BCUT2D eigenvalue weighted by Crippen LogP contribution is 2.42. The van der Waals surface area contributed by atoms with Gasteiger partial charge in [0.25, 0.3) is 0 Å². The number of ether oxygens (including phenoxy) is 6. The van der Waals surface area contributed by atoms with Crippen molar-refractivity contribution in [2.75, 3.05) is 27.4 Å². The van der Waals surface area contributed by atoms with E-state index in [0.29, 0.717) is 0 Å². The molecule has 15 heteroatoms. The van der Waals surface area contributed by atoms with E-state index in [-0.39, 0.29) is 34.6 Å². The van der Waals surface area contributed by atoms with Crippen LogP contribution in [-0.2, 0) is 18.9 Å². The Kier molecular flexibility index (Phi) is 8.80. The Hall–Kier alpha value is -3.51. The number of benzene rings is 2. The van der Waals surface area contributed by atoms with Gasteiger partial charge in [0.2, 0.25) is 6.29 Å². The molecule has 0 saturated carbocycles. The summed E-state index contributed by atoms with van der Waals surface area (Å²) in [4.78, 5) is 39.8. The summed E-state index contributed by atoms with van der Waals surface area (Å²) in [6.07, 6.45) is -14.7. The Balaban J connectivity index is 1.47. The summed E-state index contributed by atoms with van der Waals surface area (Å²) < 4.78 is 32.3. The number of hydrogen-bond donors (Lipinski definition) is 6. The standard InChI is InChI=1S/C28H30O15/c1-38-25-16-12(18(30)10-5-3-4-6-11(10)19(16)31)7-14(17(25)26(37)39-2)42-28-24(36)22(34)21(33)15(43-28)9-41-27-23(35)20(32)13(29)8-40-27/h3-7,13,15,20-24,27-29,32-36H,8-9H2,1-2H3/t13-,15+,20-,21-,22+,23-,24-,27+,28+/m0/s1. The van der Waals surface area contributed by atoms with Crippen LogP contribution < -0.4 is 9.47 Å². The lowest BCUT2D eigenvalue weighted by Crippen LogP contribution is -2.61. The van der Waals surface area contributed by atoms with Gasteiger partial charge in [-0.2, -0.15) is 0 Å². The van der Waals surface area contributed by atoms with E-state index in [1.807, 2.05) is 0 Å². The minimum absolute atomic E-state index is 0.0999. The zero-order valence-electron chi connectivity index (χ0n) is 22.9. The van der Waals surface area contributed by atoms with E-state index < -0.39 is 90.8 Å². The minimum atomic E-state index is -1.90. The van der Waals surface area contributed by atoms with Crippen molar-refractivity contribution in [1.82, 2.24) is 0 Å². The predicted molar refractivity (Wildman–Crippen MR) is 139 cm³/mol. The lowest BCUT2D eigenvalue weighted by atomic mass is 9.82. The first kappa shape index (κ1) is 30.9. The fraction of sp³-hybridized carbons (Fsp3) is 0.464. The van der Waals surface area contributed by atoms with E-state index in [4.69, 9.17) is 28.4 Å². The van der Waals surface area contributed by atoms with E-state index >= 15 is 0 Å². The number of carbonyl (C=O) groups is 3. The van der Waals surface area contributed by atoms with Gasteiger partial charge in [0.1, 0.15) is 59.8 Å². The summed E-state index contributed by atoms with van der Waals surface area (Å²) in [7, 11) is 2.23. The Morgan fingerprint density at radius 1 is 0.860 bits per heavy atom. The average molecular weight is 607 g/mol. The van der Waals surface area contributed by atoms with Crippen molar-refractivity contribution >= 4 is 17.5 Å². The fourth-order valence-electron chi connectivity index (χ4n) is 5.18. The summed E-state index contributed by atoms with van der Waals surface area (Å²) >= 11 is 0. The normalized spacial score (nSPS) is 32.0. The second-order valence-corrected chi connectivity index (χ2v) is 10.1. The maximum Gasteiger partial charge on any atom is 0.345 e. The zero-order chi connectivity index (χ0) is 31.2. The molecule has 2 aliphatic heterocycles. The number of carbonyl (C=O) groups excluding carboxylic acids is 3. The van der Waals surface area contributed by atoms with Gasteiger partial charge in [0.05, 0.1) is 33.0 Å². The third-order valence-electron chi connectivity index (χ3n) is 7.52. The smallest absolute Gasteiger partial charge is 0.345 e. The van der Waals surface area contributed by atoms with Crippen LogP contribution in [0.15, 0.2) is 30.3 Å². The Morgan fingerprint density at radius 2 is 1.51 bits per heavy atom. The van der Waals surface area contributed by atoms with Gasteiger partial charge in [-0.1, -0.05) is 24.3 Å². The third-order valence-corrected chi connectivity index (χ3v) is 7.52. The van der Waals surface area contributed by atoms with E-state index in [1.54, 1.807) is 12.1 Å². The molecule has 232 valence electrons. The van der Waals surface area contributed by atoms with Crippen LogP contribution in [-0.4, -0.2) is 131 Å². The molecule has 5 rings (SSSR count). The summed E-state index contributed by atoms with van der Waals surface area (Å²) in [5.41, 5.74) is -0.585. The molecule has 0 amide bonds. The number of aliphatic hydroxyl groups excluding tert-OH is 6. The molecule has 2 heterocycles. The van der Waals surface area contributed by atoms with Gasteiger partial charge in [0, 0.05) is 16.7 Å². The number of methoxy groups -OCH3 is 2. The molecule has 15 nitrogen and oxygen atoms in total. The highest BCUT2D eigenvalue weighted by atomic mass is 16.7. The van der Waals surface area contributed by atoms with Crippen molar-refractivity contribution < 1.29 is 73.4 Å². The van der Waals surface area contributed by atoms with E-state index in [1.165, 1.54) is 19.2 Å². The number of hydrogen-bond acceptors (Lipinski definition) is 15. The molecule has 1 aliphatic carbocycles. The third kappa shape index (κ3) is 5.39. The van der Waals surface area contributed by atoms with Gasteiger partial charge in [-0.25, -0.2) is 4.79 Å². The van der Waals surface area contributed by atoms with Gasteiger partial charge in [-0.15, -0.1) is 0 Å². The molecule has 9 atom stereocenters. The zero-order valence-corrected chi connectivity index (χ0v) is 22.9. The van der Waals surface area contributed by atoms with Crippen LogP contribution >= 0.6 is 0 Å². The van der Waals surface area contributed by atoms with Crippen LogP contribution in [0.4, 0.5) is 0 Å². The van der Waals surface area contributed by atoms with Crippen LogP contribution in [0.25, 0.3) is 0 Å². The lowest BCUT2D eigenvalue weighted by molar-refractivity contribution is -0.307. The second-order valence-electron chi connectivity index (χ2n) is 10.1. The molecular formula is C28H30O15. The van der Waals surface area contributed by atoms with Crippen LogP contribution in [0.3, 0.4) is 0 Å². The first-order chi connectivity index (χ1) is 20.5. The molecular weight excluding hydrogens is 576 g/mol. The molecule has 2 aromatic carbocycles. The first-order valence-electron chi connectivity index (χ1n) is 13.2. The van der Waals surface area contributed by atoms with Crippen molar-refractivity contribution in [3.63, 3.8) is 0 Å². The molecule has 43 heavy (non-hydrogen) atoms. The van der Waals surface area contributed by atoms with E-state index in [0.717, 1.165) is 13.2 Å². The van der Waals surface area contributed by atoms with E-state index in [9.17, 15) is 45.0 Å². The van der Waals surface area contributed by atoms with Gasteiger partial charge in [-0.3, -0.25) is 9.59 Å². The molecule has 0 spiro atoms. The Bertz CT molecular complexity index is 1410. The maximum absolute atomic E-state index is 13.4. The van der Waals surface area contributed by atoms with Gasteiger partial charge in [0.15, 0.2) is 17.9 Å². The van der Waals surface area contributed by atoms with Gasteiger partial charge in [-0.05, 0) is 6.07 Å². The van der Waals surface area contributed by atoms with Gasteiger partial charge < -0.3 is 59.1 Å². The molecule has 0 unspecified atom stereocenters. The Labute approximate surface area is 243 Å². The average Bonchev–Trinajstić information content (AvgIpc) is 3.01. The molecule has 6 N–H and O–H groups in total. The summed E-state index contributed by atoms with van der Waals surface area (Å²) in [5.74, 6) is -2.92. The number of rotatable bonds is 7. The molecule has 2 fully saturated rings. The summed E-state index contributed by atoms with van der Waals surface area (Å²) in [5, 5.41) is 61.4. The SMILES string of the molecule is COC(=O)c1c(O[C@@H]2O[C@H](CO[C@H]3OC[C@H](O)[C@H](O)[C@@H]3O)[C@H](O)[C@@H](O)[C@@H]2O)cc2c(c1OC)C(=O)c1ccccc1C2=O. The Morgan fingerprint density at radius 3 is 2.16 bits per heavy atom. The highest BCUT2D eigenvalue weighted by Gasteiger charge is 2.47. The van der Waals surface area contributed by atoms with Crippen LogP contribution in [0.1, 0.15) is 42.2 Å². The summed E-state index contributed by atoms with van der Waals surface area (Å²) in [6.45, 7) is -0.914. The fourth-order valence-corrected chi connectivity index (χ4v) is 5.18. The summed E-state index contributed by atoms with van der Waals surface area (Å²) in [6, 6.07) is 7.17. The van der Waals surface area contributed by atoms with Crippen LogP contribution in [0.5, 0.6) is 11.5 Å². The van der Waals surface area contributed by atoms with Crippen molar-refractivity contribution in [2.24, 2.45) is 0 Å². The van der Waals surface area contributed by atoms with Crippen molar-refractivity contribution in [1.29, 1.82) is 0 Å². The number of esters is 1. The predicted octanol–water partition coefficient (Wildman–Crippen LogP) is -2.10.